The summed E-state index contributed by atoms with van der Waals surface area (Å²) in [5, 5.41) is 9.10. The first kappa shape index (κ1) is 13.5. The number of aryl methyl sites for hydroxylation is 1. The van der Waals surface area contributed by atoms with Crippen LogP contribution in [0.25, 0.3) is 0 Å². The fourth-order valence-electron chi connectivity index (χ4n) is 1.26. The van der Waals surface area contributed by atoms with E-state index >= 15 is 0 Å². The Hall–Kier alpha value is -0.518. The van der Waals surface area contributed by atoms with Gasteiger partial charge in [-0.2, -0.15) is 0 Å². The van der Waals surface area contributed by atoms with E-state index in [1.807, 2.05) is 31.2 Å². The van der Waals surface area contributed by atoms with E-state index in [4.69, 9.17) is 9.84 Å². The Morgan fingerprint density at radius 3 is 1.75 bits per heavy atom. The molecule has 0 bridgehead atoms. The van der Waals surface area contributed by atoms with Crippen molar-refractivity contribution in [1.82, 2.24) is 0 Å². The Labute approximate surface area is 131 Å². The Kier molecular flexibility index (Phi) is 5.31. The Morgan fingerprint density at radius 2 is 1.25 bits per heavy atom. The van der Waals surface area contributed by atoms with Crippen molar-refractivity contribution in [1.29, 1.82) is 0 Å². The average molecular weight is 427 g/mol. The molecule has 0 atom stereocenters. The minimum Gasteiger partial charge on any atom is -0.508 e. The average Bonchev–Trinajstić information content (AvgIpc) is 2.25. The van der Waals surface area contributed by atoms with Crippen molar-refractivity contribution in [2.24, 2.45) is 0 Å². The summed E-state index contributed by atoms with van der Waals surface area (Å²) >= 11 is 0. The molecule has 1 radical (unpaired) electrons. The standard InChI is InChI=1S/C13H12O2.Ac/c1-10-2-6-12(7-3-10)15-13-8-4-11(14)5-9-13;/h2-9,14H,1H3;. The van der Waals surface area contributed by atoms with Crippen molar-refractivity contribution in [3.05, 3.63) is 54.1 Å². The summed E-state index contributed by atoms with van der Waals surface area (Å²) in [4.78, 5) is 0. The topological polar surface area (TPSA) is 29.5 Å². The number of aromatic hydroxyl groups is 1. The predicted molar refractivity (Wildman–Crippen MR) is 59.4 cm³/mol. The van der Waals surface area contributed by atoms with Gasteiger partial charge in [-0.1, -0.05) is 17.7 Å². The zero-order valence-electron chi connectivity index (χ0n) is 9.05. The third kappa shape index (κ3) is 3.81. The molecular formula is C13H12AcO2. The molecule has 0 unspecified atom stereocenters. The number of rotatable bonds is 2. The minimum absolute atomic E-state index is 0. The molecule has 0 aromatic heterocycles. The van der Waals surface area contributed by atoms with E-state index in [2.05, 4.69) is 0 Å². The fourth-order valence-corrected chi connectivity index (χ4v) is 1.26. The molecule has 0 amide bonds. The van der Waals surface area contributed by atoms with Gasteiger partial charge in [0.05, 0.1) is 0 Å². The van der Waals surface area contributed by atoms with Gasteiger partial charge in [-0.05, 0) is 43.3 Å². The van der Waals surface area contributed by atoms with Crippen molar-refractivity contribution >= 4 is 0 Å². The molecule has 0 heterocycles. The summed E-state index contributed by atoms with van der Waals surface area (Å²) in [5.74, 6) is 1.76. The molecule has 3 heteroatoms. The van der Waals surface area contributed by atoms with Crippen LogP contribution in [-0.2, 0) is 0 Å². The van der Waals surface area contributed by atoms with E-state index in [1.165, 1.54) is 5.56 Å². The van der Waals surface area contributed by atoms with E-state index in [0.717, 1.165) is 11.5 Å². The molecular weight excluding hydrogens is 415 g/mol. The van der Waals surface area contributed by atoms with E-state index < -0.39 is 0 Å². The van der Waals surface area contributed by atoms with Crippen molar-refractivity contribution in [2.75, 3.05) is 0 Å². The molecule has 2 aromatic rings. The number of hydrogen-bond acceptors (Lipinski definition) is 2. The van der Waals surface area contributed by atoms with Gasteiger partial charge in [0.25, 0.3) is 0 Å². The van der Waals surface area contributed by atoms with Gasteiger partial charge in [-0.15, -0.1) is 0 Å². The molecule has 0 aliphatic rings. The van der Waals surface area contributed by atoms with Crippen LogP contribution >= 0.6 is 0 Å². The summed E-state index contributed by atoms with van der Waals surface area (Å²) in [5.41, 5.74) is 1.20. The van der Waals surface area contributed by atoms with Gasteiger partial charge < -0.3 is 9.84 Å². The molecule has 16 heavy (non-hydrogen) atoms. The molecule has 2 nitrogen and oxygen atoms in total. The maximum Gasteiger partial charge on any atom is 0.127 e. The fraction of sp³-hybridized carbons (Fsp3) is 0.0769. The van der Waals surface area contributed by atoms with E-state index in [1.54, 1.807) is 24.3 Å². The summed E-state index contributed by atoms with van der Waals surface area (Å²) in [7, 11) is 0. The van der Waals surface area contributed by atoms with Gasteiger partial charge in [-0.25, -0.2) is 0 Å². The molecule has 0 aliphatic carbocycles. The zero-order valence-corrected chi connectivity index (χ0v) is 13.8. The van der Waals surface area contributed by atoms with E-state index in [-0.39, 0.29) is 49.8 Å². The molecule has 0 spiro atoms. The van der Waals surface area contributed by atoms with Crippen LogP contribution in [-0.4, -0.2) is 5.11 Å². The quantitative estimate of drug-likeness (QED) is 0.796. The van der Waals surface area contributed by atoms with E-state index in [9.17, 15) is 0 Å². The number of benzene rings is 2. The Balaban J connectivity index is 0.00000128. The normalized spacial score (nSPS) is 9.31. The second-order valence-corrected chi connectivity index (χ2v) is 3.41. The second kappa shape index (κ2) is 6.27. The maximum absolute atomic E-state index is 9.10. The van der Waals surface area contributed by atoms with Crippen molar-refractivity contribution in [2.45, 2.75) is 6.92 Å². The first-order chi connectivity index (χ1) is 7.24. The smallest absolute Gasteiger partial charge is 0.127 e. The van der Waals surface area contributed by atoms with Crippen LogP contribution in [0.5, 0.6) is 17.2 Å². The Bertz CT molecular complexity index is 391. The third-order valence-electron chi connectivity index (χ3n) is 2.09. The summed E-state index contributed by atoms with van der Waals surface area (Å²) in [6.07, 6.45) is 0. The third-order valence-corrected chi connectivity index (χ3v) is 2.09. The van der Waals surface area contributed by atoms with Crippen LogP contribution in [0.15, 0.2) is 48.5 Å². The minimum atomic E-state index is 0. The summed E-state index contributed by atoms with van der Waals surface area (Å²) in [6.45, 7) is 2.03. The second-order valence-electron chi connectivity index (χ2n) is 3.41. The molecule has 2 rings (SSSR count). The largest absolute Gasteiger partial charge is 0.508 e. The molecule has 79 valence electrons. The number of phenols is 1. The van der Waals surface area contributed by atoms with Crippen molar-refractivity contribution in [3.8, 4) is 17.2 Å². The molecule has 0 fully saturated rings. The van der Waals surface area contributed by atoms with Crippen molar-refractivity contribution in [3.63, 3.8) is 0 Å². The van der Waals surface area contributed by atoms with Gasteiger partial charge >= 0.3 is 0 Å². The van der Waals surface area contributed by atoms with Crippen LogP contribution < -0.4 is 4.74 Å². The van der Waals surface area contributed by atoms with Gasteiger partial charge in [0.15, 0.2) is 0 Å². The van der Waals surface area contributed by atoms with Crippen LogP contribution in [0, 0.1) is 51.0 Å². The van der Waals surface area contributed by atoms with Crippen molar-refractivity contribution < 1.29 is 53.9 Å². The predicted octanol–water partition coefficient (Wildman–Crippen LogP) is 3.49. The molecule has 0 saturated heterocycles. The molecule has 0 aliphatic heterocycles. The van der Waals surface area contributed by atoms with Gasteiger partial charge in [0.1, 0.15) is 17.2 Å². The van der Waals surface area contributed by atoms with Crippen LogP contribution in [0.1, 0.15) is 5.56 Å². The maximum atomic E-state index is 9.10. The number of ether oxygens (including phenoxy) is 1. The molecule has 1 N–H and O–H groups in total. The number of hydrogen-bond donors (Lipinski definition) is 1. The van der Waals surface area contributed by atoms with Gasteiger partial charge in [0, 0.05) is 44.1 Å². The molecule has 0 saturated carbocycles. The van der Waals surface area contributed by atoms with Crippen LogP contribution in [0.2, 0.25) is 0 Å². The SMILES string of the molecule is Cc1ccc(Oc2ccc(O)cc2)cc1.[Ac]. The van der Waals surface area contributed by atoms with Crippen LogP contribution in [0.3, 0.4) is 0 Å². The number of phenolic OH excluding ortho intramolecular Hbond substituents is 1. The van der Waals surface area contributed by atoms with Gasteiger partial charge in [0.2, 0.25) is 0 Å². The van der Waals surface area contributed by atoms with Gasteiger partial charge in [-0.3, -0.25) is 0 Å². The summed E-state index contributed by atoms with van der Waals surface area (Å²) in [6, 6.07) is 14.5. The Morgan fingerprint density at radius 1 is 0.812 bits per heavy atom. The first-order valence-corrected chi connectivity index (χ1v) is 4.77. The zero-order chi connectivity index (χ0) is 10.7. The first-order valence-electron chi connectivity index (χ1n) is 4.77. The molecule has 2 aromatic carbocycles. The summed E-state index contributed by atoms with van der Waals surface area (Å²) < 4.78 is 5.58. The van der Waals surface area contributed by atoms with E-state index in [0.29, 0.717) is 0 Å². The monoisotopic (exact) mass is 427 g/mol. The van der Waals surface area contributed by atoms with Crippen LogP contribution in [0.4, 0.5) is 0 Å².